The first-order valence-corrected chi connectivity index (χ1v) is 15.4. The van der Waals surface area contributed by atoms with Gasteiger partial charge in [0.15, 0.2) is 0 Å². The molecule has 4 heterocycles. The second-order valence-corrected chi connectivity index (χ2v) is 13.0. The van der Waals surface area contributed by atoms with E-state index in [2.05, 4.69) is 20.6 Å². The van der Waals surface area contributed by atoms with Crippen LogP contribution in [-0.4, -0.2) is 88.2 Å². The van der Waals surface area contributed by atoms with Crippen LogP contribution in [0.4, 0.5) is 10.7 Å². The van der Waals surface area contributed by atoms with Crippen LogP contribution in [-0.2, 0) is 20.8 Å². The van der Waals surface area contributed by atoms with Crippen LogP contribution in [0.25, 0.3) is 11.3 Å². The molecule has 2 N–H and O–H groups in total. The Morgan fingerprint density at radius 1 is 1.21 bits per heavy atom. The molecule has 5 rings (SSSR count). The minimum absolute atomic E-state index is 0.0525. The molecule has 3 aliphatic heterocycles. The van der Waals surface area contributed by atoms with Gasteiger partial charge in [0, 0.05) is 56.1 Å². The van der Waals surface area contributed by atoms with Crippen molar-refractivity contribution in [1.82, 2.24) is 25.1 Å². The molecular weight excluding hydrogens is 572 g/mol. The summed E-state index contributed by atoms with van der Waals surface area (Å²) in [5.41, 5.74) is 2.07. The number of fused-ring (bicyclic) bond motifs is 1. The molecule has 2 fully saturated rings. The van der Waals surface area contributed by atoms with Crippen molar-refractivity contribution in [2.45, 2.75) is 77.6 Å². The smallest absolute Gasteiger partial charge is 0.410 e. The maximum Gasteiger partial charge on any atom is 0.410 e. The number of carbonyl (C=O) groups excluding carboxylic acids is 3. The molecule has 1 aromatic carbocycles. The van der Waals surface area contributed by atoms with Crippen LogP contribution in [0.5, 0.6) is 0 Å². The van der Waals surface area contributed by atoms with Crippen molar-refractivity contribution in [2.75, 3.05) is 38.2 Å². The molecule has 0 aliphatic carbocycles. The fourth-order valence-corrected chi connectivity index (χ4v) is 6.00. The van der Waals surface area contributed by atoms with E-state index in [1.54, 1.807) is 22.1 Å². The standard InChI is InChI=1S/C31H41ClN6O5/c1-19(21-6-5-11-37(16-21)30(41)43-31(2,3)4)34-26(39)18-38-17-22-8-7-20(14-24(22)28(38)40)27-25(32)15-33-29(36-27)35-23-9-12-42-13-10-23/h7-8,14-15,19,21,23H,5-6,9-13,16-18H2,1-4H3,(H,34,39)(H,33,35,36)/t19-,21-/m1/s1. The molecule has 0 bridgehead atoms. The van der Waals surface area contributed by atoms with Crippen LogP contribution in [0.3, 0.4) is 0 Å². The number of amides is 3. The van der Waals surface area contributed by atoms with Crippen LogP contribution in [0.1, 0.15) is 69.3 Å². The second kappa shape index (κ2) is 13.1. The number of nitrogens with zero attached hydrogens (tertiary/aromatic N) is 4. The number of rotatable bonds is 7. The molecule has 11 nitrogen and oxygen atoms in total. The number of piperidine rings is 1. The number of nitrogens with one attached hydrogen (secondary N) is 2. The molecule has 0 saturated carbocycles. The molecule has 3 aliphatic rings. The minimum atomic E-state index is -0.559. The van der Waals surface area contributed by atoms with Crippen LogP contribution < -0.4 is 10.6 Å². The highest BCUT2D eigenvalue weighted by molar-refractivity contribution is 6.33. The lowest BCUT2D eigenvalue weighted by Gasteiger charge is -2.36. The van der Waals surface area contributed by atoms with Gasteiger partial charge in [0.2, 0.25) is 11.9 Å². The molecule has 0 spiro atoms. The number of carbonyl (C=O) groups is 3. The van der Waals surface area contributed by atoms with Crippen LogP contribution in [0.2, 0.25) is 5.02 Å². The lowest BCUT2D eigenvalue weighted by molar-refractivity contribution is -0.122. The summed E-state index contributed by atoms with van der Waals surface area (Å²) < 4.78 is 11.0. The van der Waals surface area contributed by atoms with Crippen LogP contribution in [0.15, 0.2) is 24.4 Å². The Kier molecular flexibility index (Phi) is 9.41. The van der Waals surface area contributed by atoms with Gasteiger partial charge in [-0.15, -0.1) is 0 Å². The molecule has 2 saturated heterocycles. The zero-order valence-electron chi connectivity index (χ0n) is 25.3. The summed E-state index contributed by atoms with van der Waals surface area (Å²) in [6, 6.07) is 5.64. The van der Waals surface area contributed by atoms with Gasteiger partial charge in [-0.2, -0.15) is 0 Å². The summed E-state index contributed by atoms with van der Waals surface area (Å²) in [7, 11) is 0. The van der Waals surface area contributed by atoms with Crippen molar-refractivity contribution in [2.24, 2.45) is 5.92 Å². The Morgan fingerprint density at radius 2 is 1.98 bits per heavy atom. The van der Waals surface area contributed by atoms with E-state index in [4.69, 9.17) is 21.1 Å². The van der Waals surface area contributed by atoms with Gasteiger partial charge in [0.25, 0.3) is 5.91 Å². The summed E-state index contributed by atoms with van der Waals surface area (Å²) in [5, 5.41) is 6.80. The Morgan fingerprint density at radius 3 is 2.72 bits per heavy atom. The maximum absolute atomic E-state index is 13.3. The highest BCUT2D eigenvalue weighted by atomic mass is 35.5. The predicted molar refractivity (Wildman–Crippen MR) is 163 cm³/mol. The molecule has 43 heavy (non-hydrogen) atoms. The molecule has 2 aromatic rings. The van der Waals surface area contributed by atoms with Gasteiger partial charge in [0.1, 0.15) is 12.1 Å². The SMILES string of the molecule is C[C@@H](NC(=O)CN1Cc2ccc(-c3nc(NC4CCOCC4)ncc3Cl)cc2C1=O)[C@@H]1CCCN(C(=O)OC(C)(C)C)C1. The molecule has 0 unspecified atom stereocenters. The summed E-state index contributed by atoms with van der Waals surface area (Å²) in [4.78, 5) is 51.2. The lowest BCUT2D eigenvalue weighted by atomic mass is 9.91. The zero-order valence-corrected chi connectivity index (χ0v) is 26.1. The van der Waals surface area contributed by atoms with Crippen LogP contribution in [0, 0.1) is 5.92 Å². The first-order valence-electron chi connectivity index (χ1n) is 15.0. The van der Waals surface area contributed by atoms with Gasteiger partial charge in [-0.3, -0.25) is 9.59 Å². The fourth-order valence-electron chi connectivity index (χ4n) is 5.80. The minimum Gasteiger partial charge on any atom is -0.444 e. The lowest BCUT2D eigenvalue weighted by Crippen LogP contribution is -2.50. The number of halogens is 1. The Bertz CT molecular complexity index is 1360. The molecular formula is C31H41ClN6O5. The highest BCUT2D eigenvalue weighted by Gasteiger charge is 2.33. The third-order valence-corrected chi connectivity index (χ3v) is 8.38. The number of likely N-dealkylation sites (tertiary alicyclic amines) is 1. The first kappa shape index (κ1) is 31.0. The second-order valence-electron chi connectivity index (χ2n) is 12.6. The first-order chi connectivity index (χ1) is 20.5. The summed E-state index contributed by atoms with van der Waals surface area (Å²) in [6.07, 6.45) is 4.73. The number of hydrogen-bond donors (Lipinski definition) is 2. The molecule has 12 heteroatoms. The van der Waals surface area contributed by atoms with Gasteiger partial charge in [0.05, 0.1) is 16.9 Å². The predicted octanol–water partition coefficient (Wildman–Crippen LogP) is 4.50. The van der Waals surface area contributed by atoms with Crippen molar-refractivity contribution in [3.63, 3.8) is 0 Å². The van der Waals surface area contributed by atoms with Gasteiger partial charge in [-0.05, 0) is 70.9 Å². The summed E-state index contributed by atoms with van der Waals surface area (Å²) in [6.45, 7) is 10.4. The van der Waals surface area contributed by atoms with E-state index in [0.717, 1.165) is 31.2 Å². The topological polar surface area (TPSA) is 126 Å². The van der Waals surface area contributed by atoms with E-state index in [-0.39, 0.29) is 42.5 Å². The third-order valence-electron chi connectivity index (χ3n) is 8.10. The van der Waals surface area contributed by atoms with E-state index in [1.807, 2.05) is 39.8 Å². The van der Waals surface area contributed by atoms with Crippen molar-refractivity contribution in [3.05, 3.63) is 40.5 Å². The highest BCUT2D eigenvalue weighted by Crippen LogP contribution is 2.32. The van der Waals surface area contributed by atoms with Gasteiger partial charge in [-0.25, -0.2) is 14.8 Å². The van der Waals surface area contributed by atoms with Crippen molar-refractivity contribution in [1.29, 1.82) is 0 Å². The molecule has 0 radical (unpaired) electrons. The average molecular weight is 613 g/mol. The van der Waals surface area contributed by atoms with E-state index < -0.39 is 5.60 Å². The fraction of sp³-hybridized carbons (Fsp3) is 0.581. The van der Waals surface area contributed by atoms with E-state index in [9.17, 15) is 14.4 Å². The third kappa shape index (κ3) is 7.75. The molecule has 2 atom stereocenters. The average Bonchev–Trinajstić information content (AvgIpc) is 3.27. The summed E-state index contributed by atoms with van der Waals surface area (Å²) >= 11 is 6.48. The number of hydrogen-bond acceptors (Lipinski definition) is 8. The van der Waals surface area contributed by atoms with Crippen molar-refractivity contribution < 1.29 is 23.9 Å². The van der Waals surface area contributed by atoms with E-state index in [0.29, 0.717) is 60.6 Å². The monoisotopic (exact) mass is 612 g/mol. The van der Waals surface area contributed by atoms with Gasteiger partial charge in [-0.1, -0.05) is 23.7 Å². The quantitative estimate of drug-likeness (QED) is 0.468. The number of anilines is 1. The Balaban J connectivity index is 1.18. The number of benzene rings is 1. The normalized spacial score (nSPS) is 20.0. The molecule has 3 amide bonds. The van der Waals surface area contributed by atoms with Crippen molar-refractivity contribution in [3.8, 4) is 11.3 Å². The van der Waals surface area contributed by atoms with Crippen molar-refractivity contribution >= 4 is 35.5 Å². The molecule has 232 valence electrons. The maximum atomic E-state index is 13.3. The zero-order chi connectivity index (χ0) is 30.7. The van der Waals surface area contributed by atoms with E-state index >= 15 is 0 Å². The van der Waals surface area contributed by atoms with Gasteiger partial charge >= 0.3 is 6.09 Å². The largest absolute Gasteiger partial charge is 0.444 e. The van der Waals surface area contributed by atoms with Gasteiger partial charge < -0.3 is 29.9 Å². The Labute approximate surface area is 257 Å². The number of ether oxygens (including phenoxy) is 2. The van der Waals surface area contributed by atoms with Crippen LogP contribution >= 0.6 is 11.6 Å². The molecule has 1 aromatic heterocycles. The Hall–Kier alpha value is -3.44. The number of aromatic nitrogens is 2. The van der Waals surface area contributed by atoms with E-state index in [1.165, 1.54) is 0 Å². The summed E-state index contributed by atoms with van der Waals surface area (Å²) in [5.74, 6) is 0.144.